The highest BCUT2D eigenvalue weighted by molar-refractivity contribution is 5.91. The van der Waals surface area contributed by atoms with E-state index in [4.69, 9.17) is 5.11 Å². The minimum atomic E-state index is -4.49. The second-order valence-electron chi connectivity index (χ2n) is 6.04. The van der Waals surface area contributed by atoms with E-state index in [0.717, 1.165) is 38.3 Å². The average molecular weight is 344 g/mol. The molecule has 0 aromatic heterocycles. The topological polar surface area (TPSA) is 52.6 Å². The SMILES string of the molecule is O=C(CCN1CCCC1CCCO)Nc1ccccc1C(F)(F)F. The number of benzene rings is 1. The highest BCUT2D eigenvalue weighted by Gasteiger charge is 2.33. The number of nitrogens with one attached hydrogen (secondary N) is 1. The number of likely N-dealkylation sites (tertiary alicyclic amines) is 1. The summed E-state index contributed by atoms with van der Waals surface area (Å²) in [6, 6.07) is 5.35. The largest absolute Gasteiger partial charge is 0.418 e. The molecule has 0 radical (unpaired) electrons. The fourth-order valence-electron chi connectivity index (χ4n) is 3.14. The monoisotopic (exact) mass is 344 g/mol. The lowest BCUT2D eigenvalue weighted by molar-refractivity contribution is -0.137. The highest BCUT2D eigenvalue weighted by atomic mass is 19.4. The molecule has 0 spiro atoms. The smallest absolute Gasteiger partial charge is 0.396 e. The summed E-state index contributed by atoms with van der Waals surface area (Å²) in [6.07, 6.45) is -0.634. The molecule has 1 aromatic carbocycles. The fraction of sp³-hybridized carbons (Fsp3) is 0.588. The average Bonchev–Trinajstić information content (AvgIpc) is 2.98. The Morgan fingerprint density at radius 2 is 2.08 bits per heavy atom. The number of aliphatic hydroxyl groups is 1. The molecule has 0 saturated carbocycles. The van der Waals surface area contributed by atoms with Gasteiger partial charge in [-0.2, -0.15) is 13.2 Å². The van der Waals surface area contributed by atoms with E-state index in [1.807, 2.05) is 0 Å². The first kappa shape index (κ1) is 18.7. The number of carbonyl (C=O) groups is 1. The van der Waals surface area contributed by atoms with E-state index < -0.39 is 17.6 Å². The van der Waals surface area contributed by atoms with Gasteiger partial charge >= 0.3 is 6.18 Å². The zero-order valence-electron chi connectivity index (χ0n) is 13.5. The van der Waals surface area contributed by atoms with Crippen LogP contribution in [-0.2, 0) is 11.0 Å². The summed E-state index contributed by atoms with van der Waals surface area (Å²) in [5.41, 5.74) is -1.03. The van der Waals surface area contributed by atoms with E-state index >= 15 is 0 Å². The minimum Gasteiger partial charge on any atom is -0.396 e. The Bertz CT molecular complexity index is 549. The predicted octanol–water partition coefficient (Wildman–Crippen LogP) is 3.27. The van der Waals surface area contributed by atoms with Gasteiger partial charge in [0.2, 0.25) is 5.91 Å². The fourth-order valence-corrected chi connectivity index (χ4v) is 3.14. The van der Waals surface area contributed by atoms with Crippen LogP contribution in [0, 0.1) is 0 Å². The van der Waals surface area contributed by atoms with Gasteiger partial charge in [0.05, 0.1) is 11.3 Å². The quantitative estimate of drug-likeness (QED) is 0.798. The van der Waals surface area contributed by atoms with E-state index in [2.05, 4.69) is 10.2 Å². The lowest BCUT2D eigenvalue weighted by atomic mass is 10.1. The summed E-state index contributed by atoms with van der Waals surface area (Å²) in [6.45, 7) is 1.57. The first-order valence-electron chi connectivity index (χ1n) is 8.23. The molecule has 4 nitrogen and oxygen atoms in total. The van der Waals surface area contributed by atoms with E-state index in [-0.39, 0.29) is 18.7 Å². The van der Waals surface area contributed by atoms with Gasteiger partial charge in [-0.25, -0.2) is 0 Å². The van der Waals surface area contributed by atoms with Crippen molar-refractivity contribution in [3.63, 3.8) is 0 Å². The van der Waals surface area contributed by atoms with Crippen LogP contribution in [0.3, 0.4) is 0 Å². The van der Waals surface area contributed by atoms with Gasteiger partial charge in [-0.05, 0) is 44.4 Å². The molecule has 24 heavy (non-hydrogen) atoms. The standard InChI is InChI=1S/C17H23F3N2O2/c18-17(19,20)14-7-1-2-8-15(14)21-16(24)9-11-22-10-3-5-13(22)6-4-12-23/h1-2,7-8,13,23H,3-6,9-12H2,(H,21,24). The van der Waals surface area contributed by atoms with Gasteiger partial charge in [0.15, 0.2) is 0 Å². The number of rotatable bonds is 7. The predicted molar refractivity (Wildman–Crippen MR) is 85.6 cm³/mol. The number of aliphatic hydroxyl groups excluding tert-OH is 1. The summed E-state index contributed by atoms with van der Waals surface area (Å²) in [7, 11) is 0. The third-order valence-electron chi connectivity index (χ3n) is 4.33. The summed E-state index contributed by atoms with van der Waals surface area (Å²) < 4.78 is 38.8. The van der Waals surface area contributed by atoms with Crippen molar-refractivity contribution in [3.05, 3.63) is 29.8 Å². The van der Waals surface area contributed by atoms with Gasteiger partial charge in [0.1, 0.15) is 0 Å². The molecule has 1 fully saturated rings. The molecule has 0 aliphatic carbocycles. The number of amides is 1. The van der Waals surface area contributed by atoms with E-state index in [0.29, 0.717) is 12.6 Å². The van der Waals surface area contributed by atoms with Gasteiger partial charge in [-0.15, -0.1) is 0 Å². The van der Waals surface area contributed by atoms with Crippen LogP contribution in [0.5, 0.6) is 0 Å². The van der Waals surface area contributed by atoms with Crippen molar-refractivity contribution in [1.29, 1.82) is 0 Å². The van der Waals surface area contributed by atoms with Crippen molar-refractivity contribution in [2.24, 2.45) is 0 Å². The van der Waals surface area contributed by atoms with Gasteiger partial charge in [-0.3, -0.25) is 9.69 Å². The molecule has 1 aromatic rings. The van der Waals surface area contributed by atoms with Crippen LogP contribution >= 0.6 is 0 Å². The Balaban J connectivity index is 1.88. The number of para-hydroxylation sites is 1. The van der Waals surface area contributed by atoms with Crippen molar-refractivity contribution < 1.29 is 23.1 Å². The minimum absolute atomic E-state index is 0.152. The first-order chi connectivity index (χ1) is 11.4. The number of hydrogen-bond acceptors (Lipinski definition) is 3. The van der Waals surface area contributed by atoms with Crippen molar-refractivity contribution in [2.75, 3.05) is 25.0 Å². The molecular formula is C17H23F3N2O2. The van der Waals surface area contributed by atoms with Crippen molar-refractivity contribution in [2.45, 2.75) is 44.3 Å². The maximum atomic E-state index is 12.9. The molecule has 1 atom stereocenters. The molecule has 1 amide bonds. The molecule has 7 heteroatoms. The van der Waals surface area contributed by atoms with Crippen molar-refractivity contribution >= 4 is 11.6 Å². The highest BCUT2D eigenvalue weighted by Crippen LogP contribution is 2.34. The first-order valence-corrected chi connectivity index (χ1v) is 8.23. The Labute approximate surface area is 139 Å². The third kappa shape index (κ3) is 5.21. The molecular weight excluding hydrogens is 321 g/mol. The van der Waals surface area contributed by atoms with Gasteiger partial charge in [0.25, 0.3) is 0 Å². The second-order valence-corrected chi connectivity index (χ2v) is 6.04. The Kier molecular flexibility index (Phi) is 6.62. The molecule has 134 valence electrons. The molecule has 2 rings (SSSR count). The maximum absolute atomic E-state index is 12.9. The van der Waals surface area contributed by atoms with Crippen LogP contribution in [-0.4, -0.2) is 41.7 Å². The second kappa shape index (κ2) is 8.48. The van der Waals surface area contributed by atoms with Crippen LogP contribution in [0.25, 0.3) is 0 Å². The summed E-state index contributed by atoms with van der Waals surface area (Å²) in [5.74, 6) is -0.417. The summed E-state index contributed by atoms with van der Waals surface area (Å²) in [5, 5.41) is 11.3. The number of alkyl halides is 3. The number of anilines is 1. The molecule has 0 bridgehead atoms. The van der Waals surface area contributed by atoms with E-state index in [1.54, 1.807) is 0 Å². The van der Waals surface area contributed by atoms with Gasteiger partial charge in [0, 0.05) is 25.6 Å². The lowest BCUT2D eigenvalue weighted by Gasteiger charge is -2.24. The normalized spacial score (nSPS) is 18.8. The Morgan fingerprint density at radius 3 is 2.79 bits per heavy atom. The van der Waals surface area contributed by atoms with Crippen LogP contribution < -0.4 is 5.32 Å². The number of halogens is 3. The Hall–Kier alpha value is -1.60. The van der Waals surface area contributed by atoms with Crippen LogP contribution in [0.2, 0.25) is 0 Å². The summed E-state index contributed by atoms with van der Waals surface area (Å²) >= 11 is 0. The van der Waals surface area contributed by atoms with Gasteiger partial charge < -0.3 is 10.4 Å². The van der Waals surface area contributed by atoms with Crippen molar-refractivity contribution in [1.82, 2.24) is 4.90 Å². The molecule has 1 aliphatic rings. The molecule has 1 aliphatic heterocycles. The zero-order valence-corrected chi connectivity index (χ0v) is 13.5. The maximum Gasteiger partial charge on any atom is 0.418 e. The number of nitrogens with zero attached hydrogens (tertiary/aromatic N) is 1. The van der Waals surface area contributed by atoms with Crippen molar-refractivity contribution in [3.8, 4) is 0 Å². The Morgan fingerprint density at radius 1 is 1.33 bits per heavy atom. The molecule has 1 heterocycles. The molecule has 2 N–H and O–H groups in total. The number of carbonyl (C=O) groups excluding carboxylic acids is 1. The van der Waals surface area contributed by atoms with Crippen LogP contribution in [0.1, 0.15) is 37.7 Å². The number of hydrogen-bond donors (Lipinski definition) is 2. The third-order valence-corrected chi connectivity index (χ3v) is 4.33. The van der Waals surface area contributed by atoms with E-state index in [9.17, 15) is 18.0 Å². The molecule has 1 saturated heterocycles. The summed E-state index contributed by atoms with van der Waals surface area (Å²) in [4.78, 5) is 14.2. The zero-order chi connectivity index (χ0) is 17.6. The van der Waals surface area contributed by atoms with Crippen LogP contribution in [0.15, 0.2) is 24.3 Å². The van der Waals surface area contributed by atoms with Gasteiger partial charge in [-0.1, -0.05) is 12.1 Å². The van der Waals surface area contributed by atoms with E-state index in [1.165, 1.54) is 18.2 Å². The lowest BCUT2D eigenvalue weighted by Crippen LogP contribution is -2.32. The molecule has 1 unspecified atom stereocenters. The van der Waals surface area contributed by atoms with Crippen LogP contribution in [0.4, 0.5) is 18.9 Å².